The van der Waals surface area contributed by atoms with E-state index in [-0.39, 0.29) is 42.3 Å². The molecular weight excluding hydrogens is 366 g/mol. The number of hydrogen-bond acceptors (Lipinski definition) is 3. The molecule has 0 unspecified atom stereocenters. The van der Waals surface area contributed by atoms with Gasteiger partial charge in [-0.1, -0.05) is 25.8 Å². The zero-order chi connectivity index (χ0) is 20.5. The monoisotopic (exact) mass is 394 g/mol. The van der Waals surface area contributed by atoms with Crippen LogP contribution in [0.5, 0.6) is 0 Å². The van der Waals surface area contributed by atoms with Gasteiger partial charge in [0, 0.05) is 24.9 Å². The Morgan fingerprint density at radius 2 is 1.96 bits per heavy atom. The minimum absolute atomic E-state index is 0.0319. The summed E-state index contributed by atoms with van der Waals surface area (Å²) < 4.78 is 26.3. The molecule has 1 aliphatic carbocycles. The number of hydrogen-bond donors (Lipinski definition) is 2. The number of fused-ring (bicyclic) bond motifs is 1. The molecule has 0 radical (unpaired) electrons. The highest BCUT2D eigenvalue weighted by atomic mass is 19.2. The minimum atomic E-state index is -0.981. The van der Waals surface area contributed by atoms with Crippen LogP contribution in [0.1, 0.15) is 51.5 Å². The van der Waals surface area contributed by atoms with Gasteiger partial charge in [-0.25, -0.2) is 8.78 Å². The Kier molecular flexibility index (Phi) is 6.03. The number of nitrogens with zero attached hydrogens (tertiary/aromatic N) is 1. The van der Waals surface area contributed by atoms with Gasteiger partial charge in [-0.05, 0) is 37.0 Å². The first-order valence-corrected chi connectivity index (χ1v) is 9.90. The van der Waals surface area contributed by atoms with E-state index in [9.17, 15) is 23.5 Å². The molecule has 1 saturated heterocycles. The Hall–Kier alpha value is -2.02. The summed E-state index contributed by atoms with van der Waals surface area (Å²) in [6.45, 7) is 3.84. The van der Waals surface area contributed by atoms with Crippen molar-refractivity contribution in [3.63, 3.8) is 0 Å². The van der Waals surface area contributed by atoms with Gasteiger partial charge in [-0.2, -0.15) is 0 Å². The number of aliphatic hydroxyl groups is 1. The molecule has 1 aliphatic heterocycles. The zero-order valence-electron chi connectivity index (χ0n) is 16.4. The van der Waals surface area contributed by atoms with Crippen LogP contribution in [-0.2, 0) is 16.0 Å². The number of carbonyl (C=O) groups excluding carboxylic acids is 2. The lowest BCUT2D eigenvalue weighted by Crippen LogP contribution is -2.48. The Labute approximate surface area is 164 Å². The lowest BCUT2D eigenvalue weighted by Gasteiger charge is -2.37. The molecule has 0 spiro atoms. The van der Waals surface area contributed by atoms with Gasteiger partial charge in [0.15, 0.2) is 11.6 Å². The second-order valence-electron chi connectivity index (χ2n) is 8.34. The molecule has 1 saturated carbocycles. The van der Waals surface area contributed by atoms with Crippen LogP contribution < -0.4 is 5.32 Å². The maximum atomic E-state index is 13.3. The van der Waals surface area contributed by atoms with Gasteiger partial charge in [-0.3, -0.25) is 9.59 Å². The van der Waals surface area contributed by atoms with Crippen molar-refractivity contribution in [2.45, 2.75) is 70.6 Å². The van der Waals surface area contributed by atoms with Crippen molar-refractivity contribution in [2.24, 2.45) is 5.41 Å². The summed E-state index contributed by atoms with van der Waals surface area (Å²) in [6.07, 6.45) is 3.60. The van der Waals surface area contributed by atoms with Crippen LogP contribution in [0.2, 0.25) is 0 Å². The second-order valence-corrected chi connectivity index (χ2v) is 8.34. The normalized spacial score (nSPS) is 29.9. The number of benzene rings is 1. The Balaban J connectivity index is 1.66. The maximum absolute atomic E-state index is 13.3. The number of amides is 2. The molecule has 3 rings (SSSR count). The molecule has 7 heteroatoms. The third kappa shape index (κ3) is 4.04. The average molecular weight is 394 g/mol. The summed E-state index contributed by atoms with van der Waals surface area (Å²) in [6, 6.07) is 3.18. The molecule has 0 aromatic heterocycles. The fourth-order valence-electron chi connectivity index (χ4n) is 4.92. The van der Waals surface area contributed by atoms with Crippen molar-refractivity contribution in [1.82, 2.24) is 10.2 Å². The fraction of sp³-hybridized carbons (Fsp3) is 0.619. The van der Waals surface area contributed by atoms with Gasteiger partial charge in [-0.15, -0.1) is 0 Å². The summed E-state index contributed by atoms with van der Waals surface area (Å²) in [7, 11) is 0. The fourth-order valence-corrected chi connectivity index (χ4v) is 4.92. The van der Waals surface area contributed by atoms with Crippen LogP contribution in [0.3, 0.4) is 0 Å². The first kappa shape index (κ1) is 20.7. The molecule has 2 N–H and O–H groups in total. The van der Waals surface area contributed by atoms with Gasteiger partial charge < -0.3 is 15.3 Å². The van der Waals surface area contributed by atoms with E-state index >= 15 is 0 Å². The smallest absolute Gasteiger partial charge is 0.224 e. The maximum Gasteiger partial charge on any atom is 0.224 e. The molecule has 2 fully saturated rings. The van der Waals surface area contributed by atoms with Crippen LogP contribution in [0, 0.1) is 17.0 Å². The van der Waals surface area contributed by atoms with Crippen LogP contribution in [0.25, 0.3) is 0 Å². The SMILES string of the molecule is CC(=O)N1[C@@H](CNC(=O)Cc2ccc(F)c(F)c2)C[C@@]2(C)[C@@H](O)CCCC[C@@H]12. The van der Waals surface area contributed by atoms with Crippen molar-refractivity contribution < 1.29 is 23.5 Å². The lowest BCUT2D eigenvalue weighted by molar-refractivity contribution is -0.133. The summed E-state index contributed by atoms with van der Waals surface area (Å²) in [4.78, 5) is 26.4. The third-order valence-electron chi connectivity index (χ3n) is 6.38. The van der Waals surface area contributed by atoms with Gasteiger partial charge in [0.2, 0.25) is 11.8 Å². The minimum Gasteiger partial charge on any atom is -0.392 e. The predicted octanol–water partition coefficient (Wildman–Crippen LogP) is 2.55. The molecule has 1 heterocycles. The van der Waals surface area contributed by atoms with Gasteiger partial charge >= 0.3 is 0 Å². The van der Waals surface area contributed by atoms with E-state index in [0.717, 1.165) is 37.8 Å². The van der Waals surface area contributed by atoms with E-state index in [1.54, 1.807) is 0 Å². The number of carbonyl (C=O) groups is 2. The van der Waals surface area contributed by atoms with Crippen molar-refractivity contribution in [2.75, 3.05) is 6.54 Å². The van der Waals surface area contributed by atoms with Crippen LogP contribution in [-0.4, -0.2) is 46.6 Å². The summed E-state index contributed by atoms with van der Waals surface area (Å²) in [5.74, 6) is -2.29. The van der Waals surface area contributed by atoms with E-state index in [1.807, 2.05) is 11.8 Å². The lowest BCUT2D eigenvalue weighted by atomic mass is 9.75. The van der Waals surface area contributed by atoms with Crippen molar-refractivity contribution in [1.29, 1.82) is 0 Å². The van der Waals surface area contributed by atoms with E-state index in [4.69, 9.17) is 0 Å². The number of likely N-dealkylation sites (tertiary alicyclic amines) is 1. The Morgan fingerprint density at radius 1 is 1.25 bits per heavy atom. The zero-order valence-corrected chi connectivity index (χ0v) is 16.4. The summed E-state index contributed by atoms with van der Waals surface area (Å²) >= 11 is 0. The van der Waals surface area contributed by atoms with E-state index < -0.39 is 17.7 Å². The van der Waals surface area contributed by atoms with Gasteiger partial charge in [0.25, 0.3) is 0 Å². The summed E-state index contributed by atoms with van der Waals surface area (Å²) in [5.41, 5.74) is 0.0104. The standard InChI is InChI=1S/C21H28F2N2O3/c1-13(26)25-15(11-21(2)18(25)5-3-4-6-19(21)27)12-24-20(28)10-14-7-8-16(22)17(23)9-14/h7-9,15,18-19,27H,3-6,10-12H2,1-2H3,(H,24,28)/t15-,18-,19+,21-/m1/s1. The van der Waals surface area contributed by atoms with Crippen molar-refractivity contribution in [3.8, 4) is 0 Å². The van der Waals surface area contributed by atoms with Crippen molar-refractivity contribution in [3.05, 3.63) is 35.4 Å². The highest BCUT2D eigenvalue weighted by molar-refractivity contribution is 5.79. The van der Waals surface area contributed by atoms with E-state index in [2.05, 4.69) is 5.32 Å². The molecule has 1 aromatic carbocycles. The Morgan fingerprint density at radius 3 is 2.64 bits per heavy atom. The first-order chi connectivity index (χ1) is 13.2. The number of aliphatic hydroxyl groups excluding tert-OH is 1. The largest absolute Gasteiger partial charge is 0.392 e. The van der Waals surface area contributed by atoms with Crippen LogP contribution in [0.4, 0.5) is 8.78 Å². The molecular formula is C21H28F2N2O3. The highest BCUT2D eigenvalue weighted by Gasteiger charge is 2.53. The van der Waals surface area contributed by atoms with Gasteiger partial charge in [0.05, 0.1) is 18.6 Å². The third-order valence-corrected chi connectivity index (χ3v) is 6.38. The van der Waals surface area contributed by atoms with E-state index in [0.29, 0.717) is 12.0 Å². The predicted molar refractivity (Wildman–Crippen MR) is 100 cm³/mol. The highest BCUT2D eigenvalue weighted by Crippen LogP contribution is 2.48. The molecule has 4 atom stereocenters. The molecule has 1 aromatic rings. The number of nitrogens with one attached hydrogen (secondary N) is 1. The molecule has 28 heavy (non-hydrogen) atoms. The van der Waals surface area contributed by atoms with Gasteiger partial charge in [0.1, 0.15) is 0 Å². The topological polar surface area (TPSA) is 69.6 Å². The average Bonchev–Trinajstić information content (AvgIpc) is 2.85. The molecule has 2 amide bonds. The number of halogens is 2. The quantitative estimate of drug-likeness (QED) is 0.825. The van der Waals surface area contributed by atoms with Crippen LogP contribution in [0.15, 0.2) is 18.2 Å². The first-order valence-electron chi connectivity index (χ1n) is 9.90. The second kappa shape index (κ2) is 8.15. The number of rotatable bonds is 4. The summed E-state index contributed by atoms with van der Waals surface area (Å²) in [5, 5.41) is 13.5. The van der Waals surface area contributed by atoms with E-state index in [1.165, 1.54) is 13.0 Å². The molecule has 5 nitrogen and oxygen atoms in total. The molecule has 0 bridgehead atoms. The van der Waals surface area contributed by atoms with Crippen molar-refractivity contribution >= 4 is 11.8 Å². The molecule has 2 aliphatic rings. The molecule has 154 valence electrons. The van der Waals surface area contributed by atoms with Crippen LogP contribution >= 0.6 is 0 Å². The Bertz CT molecular complexity index is 757.